The predicted octanol–water partition coefficient (Wildman–Crippen LogP) is 2.78. The van der Waals surface area contributed by atoms with Gasteiger partial charge in [-0.2, -0.15) is 0 Å². The highest BCUT2D eigenvalue weighted by molar-refractivity contribution is 6.34. The first-order valence-electron chi connectivity index (χ1n) is 6.99. The van der Waals surface area contributed by atoms with Crippen LogP contribution in [0.1, 0.15) is 22.5 Å². The lowest BCUT2D eigenvalue weighted by Crippen LogP contribution is -2.41. The second-order valence-corrected chi connectivity index (χ2v) is 5.60. The van der Waals surface area contributed by atoms with Gasteiger partial charge >= 0.3 is 0 Å². The van der Waals surface area contributed by atoms with E-state index in [2.05, 4.69) is 5.32 Å². The molecule has 0 aliphatic carbocycles. The normalized spacial score (nSPS) is 17.8. The Balaban J connectivity index is 1.73. The van der Waals surface area contributed by atoms with Crippen LogP contribution < -0.4 is 10.2 Å². The summed E-state index contributed by atoms with van der Waals surface area (Å²) in [7, 11) is 0. The van der Waals surface area contributed by atoms with Crippen LogP contribution in [-0.2, 0) is 4.79 Å². The molecule has 0 bridgehead atoms. The van der Waals surface area contributed by atoms with Crippen LogP contribution >= 0.6 is 11.6 Å². The lowest BCUT2D eigenvalue weighted by atomic mass is 10.2. The summed E-state index contributed by atoms with van der Waals surface area (Å²) >= 11 is 6.13. The molecular formula is C16H15ClN2O3. The highest BCUT2D eigenvalue weighted by Crippen LogP contribution is 2.29. The highest BCUT2D eigenvalue weighted by atomic mass is 35.5. The summed E-state index contributed by atoms with van der Waals surface area (Å²) < 4.78 is 5.14. The fraction of sp³-hybridized carbons (Fsp3) is 0.250. The first-order chi connectivity index (χ1) is 10.6. The van der Waals surface area contributed by atoms with Crippen LogP contribution in [0.5, 0.6) is 0 Å². The van der Waals surface area contributed by atoms with Crippen LogP contribution in [0.25, 0.3) is 0 Å². The zero-order valence-corrected chi connectivity index (χ0v) is 12.8. The van der Waals surface area contributed by atoms with Crippen LogP contribution in [0.15, 0.2) is 41.0 Å². The van der Waals surface area contributed by atoms with Gasteiger partial charge in [0, 0.05) is 12.1 Å². The smallest absolute Gasteiger partial charge is 0.287 e. The van der Waals surface area contributed by atoms with Gasteiger partial charge in [0.25, 0.3) is 5.91 Å². The number of nitrogens with zero attached hydrogens (tertiary/aromatic N) is 1. The van der Waals surface area contributed by atoms with Crippen LogP contribution in [0.4, 0.5) is 5.69 Å². The van der Waals surface area contributed by atoms with Crippen molar-refractivity contribution in [3.05, 3.63) is 52.9 Å². The van der Waals surface area contributed by atoms with Gasteiger partial charge in [0.15, 0.2) is 5.76 Å². The number of carbonyl (C=O) groups is 2. The number of hydrogen-bond acceptors (Lipinski definition) is 3. The number of halogens is 1. The monoisotopic (exact) mass is 318 g/mol. The SMILES string of the molecule is Cc1ccoc1C(=O)NC1CCN(c2ccccc2Cl)C1=O. The summed E-state index contributed by atoms with van der Waals surface area (Å²) in [6.45, 7) is 2.30. The van der Waals surface area contributed by atoms with Gasteiger partial charge in [0.05, 0.1) is 17.0 Å². The van der Waals surface area contributed by atoms with Crippen molar-refractivity contribution >= 4 is 29.1 Å². The number of aryl methyl sites for hydroxylation is 1. The maximum absolute atomic E-state index is 12.5. The Labute approximate surface area is 132 Å². The lowest BCUT2D eigenvalue weighted by Gasteiger charge is -2.18. The molecule has 1 aromatic heterocycles. The fourth-order valence-corrected chi connectivity index (χ4v) is 2.79. The zero-order chi connectivity index (χ0) is 15.7. The second-order valence-electron chi connectivity index (χ2n) is 5.19. The summed E-state index contributed by atoms with van der Waals surface area (Å²) in [4.78, 5) is 26.2. The van der Waals surface area contributed by atoms with Crippen LogP contribution in [0, 0.1) is 6.92 Å². The van der Waals surface area contributed by atoms with Gasteiger partial charge in [-0.15, -0.1) is 0 Å². The molecule has 0 spiro atoms. The quantitative estimate of drug-likeness (QED) is 0.946. The molecule has 114 valence electrons. The number of para-hydroxylation sites is 1. The molecule has 1 N–H and O–H groups in total. The molecule has 1 aliphatic rings. The second kappa shape index (κ2) is 5.85. The minimum Gasteiger partial charge on any atom is -0.459 e. The van der Waals surface area contributed by atoms with Crippen molar-refractivity contribution in [2.24, 2.45) is 0 Å². The molecule has 1 aliphatic heterocycles. The van der Waals surface area contributed by atoms with Crippen molar-refractivity contribution in [3.63, 3.8) is 0 Å². The van der Waals surface area contributed by atoms with Gasteiger partial charge < -0.3 is 14.6 Å². The maximum atomic E-state index is 12.5. The molecule has 1 fully saturated rings. The Kier molecular flexibility index (Phi) is 3.90. The molecule has 1 unspecified atom stereocenters. The summed E-state index contributed by atoms with van der Waals surface area (Å²) in [5.41, 5.74) is 1.41. The molecule has 2 heterocycles. The molecule has 1 saturated heterocycles. The summed E-state index contributed by atoms with van der Waals surface area (Å²) in [5, 5.41) is 3.24. The van der Waals surface area contributed by atoms with Gasteiger partial charge in [-0.25, -0.2) is 0 Å². The van der Waals surface area contributed by atoms with E-state index in [-0.39, 0.29) is 17.6 Å². The number of amides is 2. The van der Waals surface area contributed by atoms with Gasteiger partial charge in [-0.05, 0) is 31.5 Å². The maximum Gasteiger partial charge on any atom is 0.287 e. The topological polar surface area (TPSA) is 62.6 Å². The van der Waals surface area contributed by atoms with E-state index in [1.54, 1.807) is 30.0 Å². The number of nitrogens with one attached hydrogen (secondary N) is 1. The standard InChI is InChI=1S/C16H15ClN2O3/c1-10-7-9-22-14(10)15(20)18-12-6-8-19(16(12)21)13-5-3-2-4-11(13)17/h2-5,7,9,12H,6,8H2,1H3,(H,18,20). The van der Waals surface area contributed by atoms with E-state index in [4.69, 9.17) is 16.0 Å². The number of benzene rings is 1. The molecular weight excluding hydrogens is 304 g/mol. The first-order valence-corrected chi connectivity index (χ1v) is 7.36. The Morgan fingerprint density at radius 1 is 1.36 bits per heavy atom. The van der Waals surface area contributed by atoms with Crippen LogP contribution in [0.2, 0.25) is 5.02 Å². The minimum atomic E-state index is -0.562. The third-order valence-electron chi connectivity index (χ3n) is 3.72. The fourth-order valence-electron chi connectivity index (χ4n) is 2.55. The largest absolute Gasteiger partial charge is 0.459 e. The van der Waals surface area contributed by atoms with E-state index in [1.165, 1.54) is 6.26 Å². The van der Waals surface area contributed by atoms with E-state index in [1.807, 2.05) is 12.1 Å². The minimum absolute atomic E-state index is 0.161. The molecule has 1 aromatic carbocycles. The molecule has 6 heteroatoms. The van der Waals surface area contributed by atoms with Crippen molar-refractivity contribution in [3.8, 4) is 0 Å². The number of carbonyl (C=O) groups excluding carboxylic acids is 2. The molecule has 1 atom stereocenters. The highest BCUT2D eigenvalue weighted by Gasteiger charge is 2.35. The molecule has 2 amide bonds. The number of hydrogen-bond donors (Lipinski definition) is 1. The Bertz CT molecular complexity index is 726. The summed E-state index contributed by atoms with van der Waals surface area (Å²) in [6, 6.07) is 8.32. The van der Waals surface area contributed by atoms with Crippen molar-refractivity contribution in [1.29, 1.82) is 0 Å². The molecule has 5 nitrogen and oxygen atoms in total. The van der Waals surface area contributed by atoms with E-state index in [0.717, 1.165) is 5.56 Å². The number of anilines is 1. The van der Waals surface area contributed by atoms with E-state index >= 15 is 0 Å². The molecule has 0 saturated carbocycles. The van der Waals surface area contributed by atoms with E-state index < -0.39 is 6.04 Å². The Morgan fingerprint density at radius 3 is 2.82 bits per heavy atom. The number of furan rings is 1. The predicted molar refractivity (Wildman–Crippen MR) is 83.1 cm³/mol. The lowest BCUT2D eigenvalue weighted by molar-refractivity contribution is -0.118. The van der Waals surface area contributed by atoms with Crippen LogP contribution in [-0.4, -0.2) is 24.4 Å². The third-order valence-corrected chi connectivity index (χ3v) is 4.04. The zero-order valence-electron chi connectivity index (χ0n) is 12.0. The van der Waals surface area contributed by atoms with Gasteiger partial charge in [0.1, 0.15) is 6.04 Å². The summed E-state index contributed by atoms with van der Waals surface area (Å²) in [6.07, 6.45) is 1.99. The molecule has 3 rings (SSSR count). The van der Waals surface area contributed by atoms with Crippen molar-refractivity contribution in [2.75, 3.05) is 11.4 Å². The van der Waals surface area contributed by atoms with E-state index in [0.29, 0.717) is 23.7 Å². The van der Waals surface area contributed by atoms with Crippen molar-refractivity contribution in [2.45, 2.75) is 19.4 Å². The van der Waals surface area contributed by atoms with Crippen molar-refractivity contribution < 1.29 is 14.0 Å². The van der Waals surface area contributed by atoms with Crippen molar-refractivity contribution in [1.82, 2.24) is 5.32 Å². The molecule has 22 heavy (non-hydrogen) atoms. The van der Waals surface area contributed by atoms with E-state index in [9.17, 15) is 9.59 Å². The molecule has 0 radical (unpaired) electrons. The van der Waals surface area contributed by atoms with Crippen LogP contribution in [0.3, 0.4) is 0 Å². The molecule has 2 aromatic rings. The third kappa shape index (κ3) is 2.60. The first kappa shape index (κ1) is 14.7. The average Bonchev–Trinajstić information content (AvgIpc) is 3.07. The van der Waals surface area contributed by atoms with Gasteiger partial charge in [0.2, 0.25) is 5.91 Å². The van der Waals surface area contributed by atoms with Gasteiger partial charge in [-0.3, -0.25) is 9.59 Å². The van der Waals surface area contributed by atoms with Gasteiger partial charge in [-0.1, -0.05) is 23.7 Å². The Hall–Kier alpha value is -2.27. The average molecular weight is 319 g/mol. The summed E-state index contributed by atoms with van der Waals surface area (Å²) in [5.74, 6) is -0.295. The Morgan fingerprint density at radius 2 is 2.14 bits per heavy atom. The number of rotatable bonds is 3.